The molecule has 0 aromatic carbocycles. The van der Waals surface area contributed by atoms with Gasteiger partial charge in [-0.25, -0.2) is 0 Å². The first-order chi connectivity index (χ1) is 11.4. The molecule has 1 saturated heterocycles. The SMILES string of the molecule is Cc1cc(C(=O)N2CCN(CC3(O)CCC(C)CC3)CC2)c(C)o1. The molecule has 0 spiro atoms. The van der Waals surface area contributed by atoms with Crippen LogP contribution in [0.2, 0.25) is 0 Å². The summed E-state index contributed by atoms with van der Waals surface area (Å²) in [5.74, 6) is 2.28. The van der Waals surface area contributed by atoms with Gasteiger partial charge in [-0.3, -0.25) is 9.69 Å². The van der Waals surface area contributed by atoms with Crippen LogP contribution in [0.5, 0.6) is 0 Å². The molecule has 1 aromatic heterocycles. The van der Waals surface area contributed by atoms with Crippen LogP contribution in [0.3, 0.4) is 0 Å². The van der Waals surface area contributed by atoms with Crippen molar-refractivity contribution in [1.82, 2.24) is 9.80 Å². The summed E-state index contributed by atoms with van der Waals surface area (Å²) >= 11 is 0. The zero-order chi connectivity index (χ0) is 17.3. The molecule has 1 saturated carbocycles. The number of carbonyl (C=O) groups is 1. The Kier molecular flexibility index (Phi) is 5.02. The summed E-state index contributed by atoms with van der Waals surface area (Å²) in [6.45, 7) is 9.82. The Bertz CT molecular complexity index is 579. The molecular formula is C19H30N2O3. The van der Waals surface area contributed by atoms with Crippen molar-refractivity contribution in [2.75, 3.05) is 32.7 Å². The lowest BCUT2D eigenvalue weighted by molar-refractivity contribution is -0.0418. The van der Waals surface area contributed by atoms with Crippen LogP contribution < -0.4 is 0 Å². The molecule has 2 fully saturated rings. The lowest BCUT2D eigenvalue weighted by atomic mass is 9.79. The third-order valence-electron chi connectivity index (χ3n) is 5.65. The Morgan fingerprint density at radius 1 is 1.25 bits per heavy atom. The smallest absolute Gasteiger partial charge is 0.257 e. The van der Waals surface area contributed by atoms with Gasteiger partial charge in [0, 0.05) is 32.7 Å². The van der Waals surface area contributed by atoms with Crippen molar-refractivity contribution in [2.24, 2.45) is 5.92 Å². The molecule has 24 heavy (non-hydrogen) atoms. The minimum atomic E-state index is -0.531. The zero-order valence-corrected chi connectivity index (χ0v) is 15.2. The number of hydrogen-bond acceptors (Lipinski definition) is 4. The van der Waals surface area contributed by atoms with Gasteiger partial charge in [0.15, 0.2) is 0 Å². The highest BCUT2D eigenvalue weighted by Gasteiger charge is 2.35. The van der Waals surface area contributed by atoms with Gasteiger partial charge in [-0.1, -0.05) is 6.92 Å². The average Bonchev–Trinajstić information content (AvgIpc) is 2.89. The van der Waals surface area contributed by atoms with E-state index < -0.39 is 5.60 Å². The average molecular weight is 334 g/mol. The molecule has 3 rings (SSSR count). The van der Waals surface area contributed by atoms with Crippen molar-refractivity contribution < 1.29 is 14.3 Å². The topological polar surface area (TPSA) is 56.9 Å². The number of β-amino-alcohol motifs (C(OH)–C–C–N with tert-alkyl or cyclic N) is 1. The maximum absolute atomic E-state index is 12.6. The fraction of sp³-hybridized carbons (Fsp3) is 0.737. The summed E-state index contributed by atoms with van der Waals surface area (Å²) in [5.41, 5.74) is 0.151. The van der Waals surface area contributed by atoms with Crippen LogP contribution >= 0.6 is 0 Å². The summed E-state index contributed by atoms with van der Waals surface area (Å²) in [6, 6.07) is 1.83. The summed E-state index contributed by atoms with van der Waals surface area (Å²) < 4.78 is 5.48. The second-order valence-electron chi connectivity index (χ2n) is 7.80. The molecule has 1 aromatic rings. The van der Waals surface area contributed by atoms with Crippen LogP contribution in [0.15, 0.2) is 10.5 Å². The second-order valence-corrected chi connectivity index (χ2v) is 7.80. The molecule has 0 radical (unpaired) electrons. The highest BCUT2D eigenvalue weighted by Crippen LogP contribution is 2.32. The molecule has 2 aliphatic rings. The van der Waals surface area contributed by atoms with E-state index >= 15 is 0 Å². The molecular weight excluding hydrogens is 304 g/mol. The number of hydrogen-bond donors (Lipinski definition) is 1. The number of piperazine rings is 1. The number of carbonyl (C=O) groups excluding carboxylic acids is 1. The van der Waals surface area contributed by atoms with Gasteiger partial charge in [0.2, 0.25) is 0 Å². The Labute approximate surface area is 144 Å². The van der Waals surface area contributed by atoms with Gasteiger partial charge in [-0.05, 0) is 51.5 Å². The van der Waals surface area contributed by atoms with Crippen LogP contribution in [-0.4, -0.2) is 59.1 Å². The van der Waals surface area contributed by atoms with Gasteiger partial charge < -0.3 is 14.4 Å². The Balaban J connectivity index is 1.52. The zero-order valence-electron chi connectivity index (χ0n) is 15.2. The van der Waals surface area contributed by atoms with E-state index in [-0.39, 0.29) is 5.91 Å². The van der Waals surface area contributed by atoms with E-state index in [0.717, 1.165) is 70.1 Å². The maximum Gasteiger partial charge on any atom is 0.257 e. The summed E-state index contributed by atoms with van der Waals surface area (Å²) in [4.78, 5) is 16.8. The van der Waals surface area contributed by atoms with Crippen LogP contribution in [0.25, 0.3) is 0 Å². The van der Waals surface area contributed by atoms with Gasteiger partial charge in [0.25, 0.3) is 5.91 Å². The molecule has 5 nitrogen and oxygen atoms in total. The van der Waals surface area contributed by atoms with Gasteiger partial charge in [0.05, 0.1) is 11.2 Å². The van der Waals surface area contributed by atoms with Crippen LogP contribution in [0.1, 0.15) is 54.5 Å². The number of rotatable bonds is 3. The lowest BCUT2D eigenvalue weighted by Crippen LogP contribution is -2.53. The third kappa shape index (κ3) is 3.83. The van der Waals surface area contributed by atoms with E-state index in [1.807, 2.05) is 24.8 Å². The van der Waals surface area contributed by atoms with Gasteiger partial charge in [0.1, 0.15) is 11.5 Å². The number of furan rings is 1. The molecule has 0 bridgehead atoms. The van der Waals surface area contributed by atoms with Gasteiger partial charge >= 0.3 is 0 Å². The van der Waals surface area contributed by atoms with Crippen molar-refractivity contribution in [3.05, 3.63) is 23.2 Å². The van der Waals surface area contributed by atoms with Crippen molar-refractivity contribution in [3.8, 4) is 0 Å². The van der Waals surface area contributed by atoms with Crippen molar-refractivity contribution in [1.29, 1.82) is 0 Å². The Morgan fingerprint density at radius 3 is 2.42 bits per heavy atom. The van der Waals surface area contributed by atoms with E-state index in [2.05, 4.69) is 11.8 Å². The number of amides is 1. The van der Waals surface area contributed by atoms with E-state index in [0.29, 0.717) is 11.3 Å². The Morgan fingerprint density at radius 2 is 1.88 bits per heavy atom. The predicted molar refractivity (Wildman–Crippen MR) is 93.1 cm³/mol. The summed E-state index contributed by atoms with van der Waals surface area (Å²) in [7, 11) is 0. The standard InChI is InChI=1S/C19H30N2O3/c1-14-4-6-19(23,7-5-14)13-20-8-10-21(11-9-20)18(22)17-12-15(2)24-16(17)3/h12,14,23H,4-11,13H2,1-3H3. The molecule has 0 unspecified atom stereocenters. The van der Waals surface area contributed by atoms with E-state index in [1.54, 1.807) is 0 Å². The lowest BCUT2D eigenvalue weighted by Gasteiger charge is -2.42. The highest BCUT2D eigenvalue weighted by atomic mass is 16.3. The van der Waals surface area contributed by atoms with Crippen molar-refractivity contribution >= 4 is 5.91 Å². The number of aliphatic hydroxyl groups is 1. The third-order valence-corrected chi connectivity index (χ3v) is 5.65. The van der Waals surface area contributed by atoms with E-state index in [9.17, 15) is 9.90 Å². The quantitative estimate of drug-likeness (QED) is 0.923. The van der Waals surface area contributed by atoms with Gasteiger partial charge in [-0.15, -0.1) is 0 Å². The summed E-state index contributed by atoms with van der Waals surface area (Å²) in [6.07, 6.45) is 4.05. The van der Waals surface area contributed by atoms with Crippen LogP contribution in [0.4, 0.5) is 0 Å². The fourth-order valence-corrected chi connectivity index (χ4v) is 4.00. The molecule has 1 N–H and O–H groups in total. The largest absolute Gasteiger partial charge is 0.466 e. The fourth-order valence-electron chi connectivity index (χ4n) is 4.00. The first-order valence-corrected chi connectivity index (χ1v) is 9.17. The first-order valence-electron chi connectivity index (χ1n) is 9.17. The first kappa shape index (κ1) is 17.5. The number of aryl methyl sites for hydroxylation is 2. The predicted octanol–water partition coefficient (Wildman–Crippen LogP) is 2.60. The van der Waals surface area contributed by atoms with E-state index in [1.165, 1.54) is 0 Å². The maximum atomic E-state index is 12.6. The second kappa shape index (κ2) is 6.89. The van der Waals surface area contributed by atoms with Crippen LogP contribution in [-0.2, 0) is 0 Å². The molecule has 2 heterocycles. The van der Waals surface area contributed by atoms with Crippen LogP contribution in [0, 0.1) is 19.8 Å². The van der Waals surface area contributed by atoms with Gasteiger partial charge in [-0.2, -0.15) is 0 Å². The minimum Gasteiger partial charge on any atom is -0.466 e. The minimum absolute atomic E-state index is 0.0641. The molecule has 1 aliphatic heterocycles. The van der Waals surface area contributed by atoms with Crippen molar-refractivity contribution in [2.45, 2.75) is 52.1 Å². The molecule has 1 aliphatic carbocycles. The van der Waals surface area contributed by atoms with E-state index in [4.69, 9.17) is 4.42 Å². The summed E-state index contributed by atoms with van der Waals surface area (Å²) in [5, 5.41) is 10.8. The molecule has 1 amide bonds. The monoisotopic (exact) mass is 334 g/mol. The Hall–Kier alpha value is -1.33. The highest BCUT2D eigenvalue weighted by molar-refractivity contribution is 5.95. The number of nitrogens with zero attached hydrogens (tertiary/aromatic N) is 2. The van der Waals surface area contributed by atoms with Crippen molar-refractivity contribution in [3.63, 3.8) is 0 Å². The molecule has 134 valence electrons. The normalized spacial score (nSPS) is 29.0. The molecule has 0 atom stereocenters. The molecule has 5 heteroatoms.